The number of allylic oxidation sites excluding steroid dienone is 2. The van der Waals surface area contributed by atoms with E-state index in [0.29, 0.717) is 19.3 Å². The number of likely N-dealkylation sites (tertiary alicyclic amines) is 1. The zero-order valence-corrected chi connectivity index (χ0v) is 14.1. The van der Waals surface area contributed by atoms with Crippen LogP contribution in [-0.2, 0) is 14.4 Å². The second kappa shape index (κ2) is 7.25. The average molecular weight is 322 g/mol. The van der Waals surface area contributed by atoms with Crippen molar-refractivity contribution in [1.82, 2.24) is 9.80 Å². The Morgan fingerprint density at radius 3 is 2.22 bits per heavy atom. The number of aliphatic hydroxyl groups excluding tert-OH is 1. The fourth-order valence-electron chi connectivity index (χ4n) is 3.41. The first-order valence-electron chi connectivity index (χ1n) is 8.26. The van der Waals surface area contributed by atoms with Gasteiger partial charge in [0.2, 0.25) is 17.7 Å². The van der Waals surface area contributed by atoms with Crippen molar-refractivity contribution in [3.05, 3.63) is 12.2 Å². The van der Waals surface area contributed by atoms with Gasteiger partial charge in [-0.05, 0) is 25.2 Å². The third-order valence-corrected chi connectivity index (χ3v) is 4.64. The van der Waals surface area contributed by atoms with Gasteiger partial charge in [-0.15, -0.1) is 0 Å². The number of hydrogen-bond donors (Lipinski definition) is 1. The minimum absolute atomic E-state index is 0.145. The van der Waals surface area contributed by atoms with Crippen molar-refractivity contribution >= 4 is 17.7 Å². The Hall–Kier alpha value is -1.69. The maximum absolute atomic E-state index is 12.7. The lowest BCUT2D eigenvalue weighted by Crippen LogP contribution is -2.51. The Balaban J connectivity index is 2.26. The summed E-state index contributed by atoms with van der Waals surface area (Å²) in [6.45, 7) is 3.98. The Morgan fingerprint density at radius 2 is 1.78 bits per heavy atom. The number of rotatable bonds is 6. The Kier molecular flexibility index (Phi) is 5.57. The van der Waals surface area contributed by atoms with Crippen LogP contribution < -0.4 is 0 Å². The van der Waals surface area contributed by atoms with E-state index < -0.39 is 6.04 Å². The lowest BCUT2D eigenvalue weighted by atomic mass is 9.85. The molecule has 0 aromatic heterocycles. The molecule has 3 amide bonds. The summed E-state index contributed by atoms with van der Waals surface area (Å²) in [4.78, 5) is 40.7. The van der Waals surface area contributed by atoms with Crippen molar-refractivity contribution in [3.63, 3.8) is 0 Å². The number of carbonyl (C=O) groups excluding carboxylic acids is 3. The highest BCUT2D eigenvalue weighted by atomic mass is 16.3. The molecule has 0 saturated carbocycles. The maximum Gasteiger partial charge on any atom is 0.245 e. The summed E-state index contributed by atoms with van der Waals surface area (Å²) < 4.78 is 0. The zero-order chi connectivity index (χ0) is 17.1. The molecular formula is C17H26N2O4. The van der Waals surface area contributed by atoms with Crippen molar-refractivity contribution < 1.29 is 19.5 Å². The minimum atomic E-state index is -0.767. The molecule has 23 heavy (non-hydrogen) atoms. The van der Waals surface area contributed by atoms with E-state index >= 15 is 0 Å². The van der Waals surface area contributed by atoms with Gasteiger partial charge in [0.1, 0.15) is 6.04 Å². The number of likely N-dealkylation sites (N-methyl/N-ethyl adjacent to an activating group) is 1. The summed E-state index contributed by atoms with van der Waals surface area (Å²) >= 11 is 0. The van der Waals surface area contributed by atoms with Crippen molar-refractivity contribution in [2.24, 2.45) is 17.8 Å². The Bertz CT molecular complexity index is 489. The van der Waals surface area contributed by atoms with Gasteiger partial charge in [0, 0.05) is 13.6 Å². The monoisotopic (exact) mass is 322 g/mol. The molecule has 0 aromatic rings. The van der Waals surface area contributed by atoms with Gasteiger partial charge in [-0.3, -0.25) is 19.3 Å². The molecule has 1 saturated heterocycles. The van der Waals surface area contributed by atoms with Crippen LogP contribution in [0.15, 0.2) is 12.2 Å². The van der Waals surface area contributed by atoms with E-state index in [1.54, 1.807) is 7.05 Å². The summed E-state index contributed by atoms with van der Waals surface area (Å²) in [7, 11) is 1.59. The lowest BCUT2D eigenvalue weighted by molar-refractivity contribution is -0.151. The molecule has 1 aliphatic carbocycles. The van der Waals surface area contributed by atoms with Crippen LogP contribution in [0.2, 0.25) is 0 Å². The molecule has 1 heterocycles. The van der Waals surface area contributed by atoms with Gasteiger partial charge in [0.15, 0.2) is 0 Å². The van der Waals surface area contributed by atoms with Crippen LogP contribution in [-0.4, -0.2) is 58.9 Å². The highest BCUT2D eigenvalue weighted by Crippen LogP contribution is 2.37. The van der Waals surface area contributed by atoms with Gasteiger partial charge in [0.05, 0.1) is 18.4 Å². The summed E-state index contributed by atoms with van der Waals surface area (Å²) in [5, 5.41) is 9.04. The second-order valence-electron chi connectivity index (χ2n) is 6.83. The highest BCUT2D eigenvalue weighted by molar-refractivity contribution is 6.08. The SMILES string of the molecule is CC(C)C[C@H](C(=O)N(C)CCO)N1C(=O)[C@H]2CC=CC[C@@H]2C1=O. The van der Waals surface area contributed by atoms with E-state index in [9.17, 15) is 14.4 Å². The Labute approximate surface area is 137 Å². The molecule has 6 heteroatoms. The molecule has 0 bridgehead atoms. The summed E-state index contributed by atoms with van der Waals surface area (Å²) in [5.74, 6) is -1.19. The predicted octanol–water partition coefficient (Wildman–Crippen LogP) is 0.803. The lowest BCUT2D eigenvalue weighted by Gasteiger charge is -2.30. The molecule has 1 fully saturated rings. The second-order valence-corrected chi connectivity index (χ2v) is 6.83. The summed E-state index contributed by atoms with van der Waals surface area (Å²) in [6, 6.07) is -0.767. The smallest absolute Gasteiger partial charge is 0.245 e. The van der Waals surface area contributed by atoms with Crippen LogP contribution in [0.1, 0.15) is 33.1 Å². The number of hydrogen-bond acceptors (Lipinski definition) is 4. The molecule has 2 rings (SSSR count). The number of aliphatic hydroxyl groups is 1. The molecule has 1 aliphatic heterocycles. The third-order valence-electron chi connectivity index (χ3n) is 4.64. The number of nitrogens with zero attached hydrogens (tertiary/aromatic N) is 2. The largest absolute Gasteiger partial charge is 0.395 e. The summed E-state index contributed by atoms with van der Waals surface area (Å²) in [5.41, 5.74) is 0. The molecule has 3 atom stereocenters. The standard InChI is InChI=1S/C17H26N2O4/c1-11(2)10-14(17(23)18(3)8-9-20)19-15(21)12-6-4-5-7-13(12)16(19)22/h4-5,11-14,20H,6-10H2,1-3H3/t12-,13-,14+/m0/s1. The first-order chi connectivity index (χ1) is 10.9. The fourth-order valence-corrected chi connectivity index (χ4v) is 3.41. The molecule has 2 aliphatic rings. The fraction of sp³-hybridized carbons (Fsp3) is 0.706. The number of imide groups is 1. The topological polar surface area (TPSA) is 77.9 Å². The van der Waals surface area contributed by atoms with Crippen LogP contribution in [0.3, 0.4) is 0 Å². The molecule has 0 radical (unpaired) electrons. The number of amides is 3. The number of carbonyl (C=O) groups is 3. The van der Waals surface area contributed by atoms with Gasteiger partial charge in [-0.1, -0.05) is 26.0 Å². The van der Waals surface area contributed by atoms with Crippen LogP contribution in [0.4, 0.5) is 0 Å². The van der Waals surface area contributed by atoms with E-state index in [2.05, 4.69) is 0 Å². The molecule has 0 aromatic carbocycles. The van der Waals surface area contributed by atoms with Crippen LogP contribution in [0, 0.1) is 17.8 Å². The quantitative estimate of drug-likeness (QED) is 0.580. The van der Waals surface area contributed by atoms with Gasteiger partial charge in [-0.2, -0.15) is 0 Å². The molecule has 0 unspecified atom stereocenters. The molecule has 6 nitrogen and oxygen atoms in total. The molecule has 0 spiro atoms. The van der Waals surface area contributed by atoms with Crippen molar-refractivity contribution in [1.29, 1.82) is 0 Å². The van der Waals surface area contributed by atoms with Crippen LogP contribution in [0.25, 0.3) is 0 Å². The number of fused-ring (bicyclic) bond motifs is 1. The van der Waals surface area contributed by atoms with Gasteiger partial charge < -0.3 is 10.0 Å². The van der Waals surface area contributed by atoms with Gasteiger partial charge in [0.25, 0.3) is 0 Å². The normalized spacial score (nSPS) is 25.0. The minimum Gasteiger partial charge on any atom is -0.395 e. The van der Waals surface area contributed by atoms with Crippen molar-refractivity contribution in [2.75, 3.05) is 20.2 Å². The van der Waals surface area contributed by atoms with Gasteiger partial charge >= 0.3 is 0 Å². The summed E-state index contributed by atoms with van der Waals surface area (Å²) in [6.07, 6.45) is 5.46. The van der Waals surface area contributed by atoms with Crippen molar-refractivity contribution in [2.45, 2.75) is 39.2 Å². The maximum atomic E-state index is 12.7. The molecule has 128 valence electrons. The predicted molar refractivity (Wildman–Crippen MR) is 85.2 cm³/mol. The first kappa shape index (κ1) is 17.7. The highest BCUT2D eigenvalue weighted by Gasteiger charge is 2.51. The molecular weight excluding hydrogens is 296 g/mol. The van der Waals surface area contributed by atoms with E-state index in [4.69, 9.17) is 5.11 Å². The Morgan fingerprint density at radius 1 is 1.26 bits per heavy atom. The van der Waals surface area contributed by atoms with E-state index in [1.165, 1.54) is 9.80 Å². The van der Waals surface area contributed by atoms with E-state index in [0.717, 1.165) is 0 Å². The molecule has 1 N–H and O–H groups in total. The van der Waals surface area contributed by atoms with Crippen LogP contribution in [0.5, 0.6) is 0 Å². The first-order valence-corrected chi connectivity index (χ1v) is 8.26. The average Bonchev–Trinajstić information content (AvgIpc) is 2.76. The third kappa shape index (κ3) is 3.47. The van der Waals surface area contributed by atoms with E-state index in [-0.39, 0.29) is 48.6 Å². The zero-order valence-electron chi connectivity index (χ0n) is 14.1. The van der Waals surface area contributed by atoms with Crippen molar-refractivity contribution in [3.8, 4) is 0 Å². The van der Waals surface area contributed by atoms with E-state index in [1.807, 2.05) is 26.0 Å². The van der Waals surface area contributed by atoms with Gasteiger partial charge in [-0.25, -0.2) is 0 Å². The van der Waals surface area contributed by atoms with Crippen LogP contribution >= 0.6 is 0 Å².